The quantitative estimate of drug-likeness (QED) is 0.590. The van der Waals surface area contributed by atoms with Crippen molar-refractivity contribution in [3.8, 4) is 11.8 Å². The molecule has 0 aliphatic rings. The van der Waals surface area contributed by atoms with Crippen molar-refractivity contribution in [2.24, 2.45) is 0 Å². The SMILES string of the molecule is N#Cc1cc(Br)c(O)c(Br)c1.OCCNCCO. The number of phenols is 1. The predicted molar refractivity (Wildman–Crippen MR) is 75.3 cm³/mol. The van der Waals surface area contributed by atoms with Crippen LogP contribution in [-0.4, -0.2) is 41.6 Å². The molecule has 0 aromatic heterocycles. The van der Waals surface area contributed by atoms with Crippen molar-refractivity contribution in [3.05, 3.63) is 26.6 Å². The zero-order valence-corrected chi connectivity index (χ0v) is 12.7. The first-order valence-corrected chi connectivity index (χ1v) is 6.66. The summed E-state index contributed by atoms with van der Waals surface area (Å²) in [5.74, 6) is 0.115. The van der Waals surface area contributed by atoms with Gasteiger partial charge < -0.3 is 20.6 Å². The highest BCUT2D eigenvalue weighted by atomic mass is 79.9. The third-order valence-electron chi connectivity index (χ3n) is 1.72. The Kier molecular flexibility index (Phi) is 9.92. The minimum atomic E-state index is 0.115. The maximum atomic E-state index is 9.22. The van der Waals surface area contributed by atoms with E-state index in [0.717, 1.165) is 0 Å². The Morgan fingerprint density at radius 3 is 1.89 bits per heavy atom. The standard InChI is InChI=1S/C7H3Br2NO.C4H11NO2/c8-5-1-4(3-10)2-6(9)7(5)11;6-3-1-5-2-4-7/h1-2,11H;5-7H,1-4H2. The van der Waals surface area contributed by atoms with Crippen molar-refractivity contribution in [3.63, 3.8) is 0 Å². The van der Waals surface area contributed by atoms with Crippen LogP contribution in [0.4, 0.5) is 0 Å². The van der Waals surface area contributed by atoms with Crippen molar-refractivity contribution in [1.29, 1.82) is 5.26 Å². The first kappa shape index (κ1) is 17.4. The minimum Gasteiger partial charge on any atom is -0.506 e. The molecule has 0 atom stereocenters. The van der Waals surface area contributed by atoms with Gasteiger partial charge in [0.2, 0.25) is 0 Å². The third kappa shape index (κ3) is 6.93. The topological polar surface area (TPSA) is 96.5 Å². The molecule has 4 N–H and O–H groups in total. The van der Waals surface area contributed by atoms with E-state index in [1.54, 1.807) is 12.1 Å². The molecule has 0 fully saturated rings. The van der Waals surface area contributed by atoms with Crippen LogP contribution < -0.4 is 5.32 Å². The number of halogens is 2. The summed E-state index contributed by atoms with van der Waals surface area (Å²) in [6.45, 7) is 1.42. The summed E-state index contributed by atoms with van der Waals surface area (Å²) in [6, 6.07) is 5.08. The van der Waals surface area contributed by atoms with Gasteiger partial charge in [-0.2, -0.15) is 5.26 Å². The summed E-state index contributed by atoms with van der Waals surface area (Å²) >= 11 is 6.21. The van der Waals surface area contributed by atoms with Crippen LogP contribution in [0.3, 0.4) is 0 Å². The van der Waals surface area contributed by atoms with Crippen LogP contribution in [0.2, 0.25) is 0 Å². The molecule has 0 bridgehead atoms. The highest BCUT2D eigenvalue weighted by Gasteiger charge is 2.04. The van der Waals surface area contributed by atoms with Gasteiger partial charge in [0.1, 0.15) is 5.75 Å². The predicted octanol–water partition coefficient (Wildman–Crippen LogP) is 1.35. The molecule has 7 heteroatoms. The molecule has 0 aliphatic heterocycles. The van der Waals surface area contributed by atoms with Gasteiger partial charge >= 0.3 is 0 Å². The fourth-order valence-electron chi connectivity index (χ4n) is 0.913. The van der Waals surface area contributed by atoms with Crippen LogP contribution in [0.15, 0.2) is 21.1 Å². The lowest BCUT2D eigenvalue weighted by molar-refractivity contribution is 0.266. The van der Waals surface area contributed by atoms with Crippen LogP contribution in [0, 0.1) is 11.3 Å². The molecule has 1 aromatic carbocycles. The summed E-state index contributed by atoms with van der Waals surface area (Å²) in [6.07, 6.45) is 0. The van der Waals surface area contributed by atoms with Gasteiger partial charge in [0, 0.05) is 13.1 Å². The molecule has 0 saturated carbocycles. The molecular formula is C11H14Br2N2O3. The van der Waals surface area contributed by atoms with Crippen LogP contribution in [-0.2, 0) is 0 Å². The van der Waals surface area contributed by atoms with Gasteiger partial charge in [-0.05, 0) is 44.0 Å². The number of aliphatic hydroxyl groups is 2. The van der Waals surface area contributed by atoms with Gasteiger partial charge in [-0.3, -0.25) is 0 Å². The van der Waals surface area contributed by atoms with E-state index in [4.69, 9.17) is 15.5 Å². The number of rotatable bonds is 4. The van der Waals surface area contributed by atoms with E-state index in [1.807, 2.05) is 6.07 Å². The van der Waals surface area contributed by atoms with E-state index in [1.165, 1.54) is 0 Å². The second-order valence-electron chi connectivity index (χ2n) is 3.10. The average Bonchev–Trinajstić information content (AvgIpc) is 2.37. The maximum Gasteiger partial charge on any atom is 0.144 e. The molecule has 0 spiro atoms. The molecule has 1 aromatic rings. The van der Waals surface area contributed by atoms with Crippen molar-refractivity contribution in [2.45, 2.75) is 0 Å². The number of aromatic hydroxyl groups is 1. The molecule has 0 aliphatic carbocycles. The lowest BCUT2D eigenvalue weighted by Crippen LogP contribution is -2.21. The second kappa shape index (κ2) is 10.3. The molecule has 0 unspecified atom stereocenters. The monoisotopic (exact) mass is 380 g/mol. The van der Waals surface area contributed by atoms with Crippen molar-refractivity contribution in [2.75, 3.05) is 26.3 Å². The summed E-state index contributed by atoms with van der Waals surface area (Å²) < 4.78 is 1.03. The number of phenolic OH excluding ortho intramolecular Hbond substituents is 1. The molecule has 0 saturated heterocycles. The lowest BCUT2D eigenvalue weighted by Gasteiger charge is -1.99. The number of benzene rings is 1. The fourth-order valence-corrected chi connectivity index (χ4v) is 2.10. The van der Waals surface area contributed by atoms with Crippen molar-refractivity contribution >= 4 is 31.9 Å². The van der Waals surface area contributed by atoms with E-state index in [2.05, 4.69) is 37.2 Å². The maximum absolute atomic E-state index is 9.22. The smallest absolute Gasteiger partial charge is 0.144 e. The fraction of sp³-hybridized carbons (Fsp3) is 0.364. The number of hydrogen-bond acceptors (Lipinski definition) is 5. The summed E-state index contributed by atoms with van der Waals surface area (Å²) in [5.41, 5.74) is 0.501. The summed E-state index contributed by atoms with van der Waals surface area (Å²) in [7, 11) is 0. The Morgan fingerprint density at radius 1 is 1.11 bits per heavy atom. The number of nitrogens with zero attached hydrogens (tertiary/aromatic N) is 1. The average molecular weight is 382 g/mol. The van der Waals surface area contributed by atoms with Crippen molar-refractivity contribution < 1.29 is 15.3 Å². The number of aliphatic hydroxyl groups excluding tert-OH is 2. The molecule has 0 radical (unpaired) electrons. The molecule has 0 amide bonds. The first-order valence-electron chi connectivity index (χ1n) is 5.07. The molecule has 18 heavy (non-hydrogen) atoms. The zero-order chi connectivity index (χ0) is 14.0. The number of nitriles is 1. The van der Waals surface area contributed by atoms with Gasteiger partial charge in [-0.15, -0.1) is 0 Å². The molecular weight excluding hydrogens is 368 g/mol. The number of hydrogen-bond donors (Lipinski definition) is 4. The molecule has 1 rings (SSSR count). The van der Waals surface area contributed by atoms with E-state index < -0.39 is 0 Å². The molecule has 0 heterocycles. The highest BCUT2D eigenvalue weighted by Crippen LogP contribution is 2.32. The molecule has 100 valence electrons. The van der Waals surface area contributed by atoms with Crippen LogP contribution >= 0.6 is 31.9 Å². The van der Waals surface area contributed by atoms with Gasteiger partial charge in [0.05, 0.1) is 33.8 Å². The Hall–Kier alpha value is -0.650. The van der Waals surface area contributed by atoms with E-state index >= 15 is 0 Å². The van der Waals surface area contributed by atoms with Crippen LogP contribution in [0.1, 0.15) is 5.56 Å². The lowest BCUT2D eigenvalue weighted by atomic mass is 10.2. The second-order valence-corrected chi connectivity index (χ2v) is 4.81. The van der Waals surface area contributed by atoms with Crippen LogP contribution in [0.5, 0.6) is 5.75 Å². The van der Waals surface area contributed by atoms with Gasteiger partial charge in [-0.25, -0.2) is 0 Å². The largest absolute Gasteiger partial charge is 0.506 e. The van der Waals surface area contributed by atoms with E-state index in [0.29, 0.717) is 27.6 Å². The summed E-state index contributed by atoms with van der Waals surface area (Å²) in [4.78, 5) is 0. The minimum absolute atomic E-state index is 0.115. The van der Waals surface area contributed by atoms with Gasteiger partial charge in [0.15, 0.2) is 0 Å². The third-order valence-corrected chi connectivity index (χ3v) is 2.93. The number of nitrogens with one attached hydrogen (secondary N) is 1. The zero-order valence-electron chi connectivity index (χ0n) is 9.53. The molecule has 5 nitrogen and oxygen atoms in total. The van der Waals surface area contributed by atoms with E-state index in [-0.39, 0.29) is 19.0 Å². The normalized spacial score (nSPS) is 9.28. The van der Waals surface area contributed by atoms with Crippen molar-refractivity contribution in [1.82, 2.24) is 5.32 Å². The highest BCUT2D eigenvalue weighted by molar-refractivity contribution is 9.11. The Labute approximate surface area is 122 Å². The Morgan fingerprint density at radius 2 is 1.56 bits per heavy atom. The first-order chi connectivity index (χ1) is 8.56. The van der Waals surface area contributed by atoms with E-state index in [9.17, 15) is 5.11 Å². The summed E-state index contributed by atoms with van der Waals surface area (Å²) in [5, 5.41) is 36.8. The Balaban J connectivity index is 0.000000360. The van der Waals surface area contributed by atoms with Gasteiger partial charge in [-0.1, -0.05) is 0 Å². The Bertz CT molecular complexity index is 381. The van der Waals surface area contributed by atoms with Gasteiger partial charge in [0.25, 0.3) is 0 Å². The van der Waals surface area contributed by atoms with Crippen LogP contribution in [0.25, 0.3) is 0 Å².